The van der Waals surface area contributed by atoms with Crippen molar-refractivity contribution in [3.05, 3.63) is 59.2 Å². The maximum absolute atomic E-state index is 12.4. The van der Waals surface area contributed by atoms with Crippen LogP contribution in [0.5, 0.6) is 11.5 Å². The molecular formula is C32H36F3N5O5. The van der Waals surface area contributed by atoms with E-state index in [0.29, 0.717) is 12.4 Å². The third-order valence-corrected chi connectivity index (χ3v) is 8.60. The lowest BCUT2D eigenvalue weighted by atomic mass is 9.82. The van der Waals surface area contributed by atoms with Crippen molar-refractivity contribution in [1.82, 2.24) is 14.9 Å². The minimum atomic E-state index is -4.73. The first-order valence-corrected chi connectivity index (χ1v) is 15.1. The first-order valence-electron chi connectivity index (χ1n) is 15.1. The van der Waals surface area contributed by atoms with Crippen molar-refractivity contribution in [2.24, 2.45) is 5.92 Å². The summed E-state index contributed by atoms with van der Waals surface area (Å²) in [4.78, 5) is 25.5. The van der Waals surface area contributed by atoms with Gasteiger partial charge < -0.3 is 29.6 Å². The number of fused-ring (bicyclic) bond motifs is 3. The highest BCUT2D eigenvalue weighted by Gasteiger charge is 2.36. The Bertz CT molecular complexity index is 1510. The quantitative estimate of drug-likeness (QED) is 0.325. The van der Waals surface area contributed by atoms with Crippen LogP contribution in [0.15, 0.2) is 42.5 Å². The Balaban J connectivity index is 1.03. The second kappa shape index (κ2) is 13.1. The lowest BCUT2D eigenvalue weighted by Crippen LogP contribution is -2.48. The SMILES string of the molecule is COC(=O)C1CC(OCCN2CCN(c3nc(N)nc4c3CCc3cc(OCc5ccc(OC(F)(F)F)cc5)ccc3-4)CC2)C1. The smallest absolute Gasteiger partial charge is 0.489 e. The average molecular weight is 628 g/mol. The number of hydrogen-bond donors (Lipinski definition) is 1. The number of hydrogen-bond acceptors (Lipinski definition) is 10. The average Bonchev–Trinajstić information content (AvgIpc) is 3.00. The molecule has 0 amide bonds. The lowest BCUT2D eigenvalue weighted by Gasteiger charge is -2.38. The molecule has 13 heteroatoms. The second-order valence-corrected chi connectivity index (χ2v) is 11.5. The summed E-state index contributed by atoms with van der Waals surface area (Å²) in [7, 11) is 1.42. The largest absolute Gasteiger partial charge is 0.573 e. The van der Waals surface area contributed by atoms with Crippen molar-refractivity contribution in [3.8, 4) is 22.8 Å². The highest BCUT2D eigenvalue weighted by Crippen LogP contribution is 2.39. The molecule has 45 heavy (non-hydrogen) atoms. The summed E-state index contributed by atoms with van der Waals surface area (Å²) in [6.07, 6.45) is -1.56. The van der Waals surface area contributed by atoms with Gasteiger partial charge >= 0.3 is 12.3 Å². The Kier molecular flexibility index (Phi) is 8.99. The van der Waals surface area contributed by atoms with Crippen LogP contribution in [-0.2, 0) is 33.7 Å². The Labute approximate surface area is 259 Å². The van der Waals surface area contributed by atoms with Gasteiger partial charge in [-0.05, 0) is 67.1 Å². The van der Waals surface area contributed by atoms with E-state index in [1.165, 1.54) is 19.2 Å². The predicted molar refractivity (Wildman–Crippen MR) is 160 cm³/mol. The van der Waals surface area contributed by atoms with Gasteiger partial charge in [-0.15, -0.1) is 13.2 Å². The number of nitrogen functional groups attached to an aromatic ring is 1. The third-order valence-electron chi connectivity index (χ3n) is 8.60. The van der Waals surface area contributed by atoms with Crippen molar-refractivity contribution >= 4 is 17.7 Å². The number of nitrogens with zero attached hydrogens (tertiary/aromatic N) is 4. The fourth-order valence-electron chi connectivity index (χ4n) is 6.11. The fourth-order valence-corrected chi connectivity index (χ4v) is 6.11. The maximum atomic E-state index is 12.4. The van der Waals surface area contributed by atoms with Crippen LogP contribution in [-0.4, -0.2) is 79.7 Å². The van der Waals surface area contributed by atoms with E-state index in [-0.39, 0.29) is 36.3 Å². The lowest BCUT2D eigenvalue weighted by molar-refractivity contribution is -0.274. The van der Waals surface area contributed by atoms with Gasteiger partial charge in [0.15, 0.2) is 0 Å². The van der Waals surface area contributed by atoms with E-state index in [1.54, 1.807) is 12.1 Å². The molecule has 1 saturated heterocycles. The van der Waals surface area contributed by atoms with E-state index in [2.05, 4.69) is 24.5 Å². The minimum absolute atomic E-state index is 0.0263. The minimum Gasteiger partial charge on any atom is -0.489 e. The van der Waals surface area contributed by atoms with Crippen LogP contribution in [0.25, 0.3) is 11.3 Å². The van der Waals surface area contributed by atoms with Crippen LogP contribution in [0.2, 0.25) is 0 Å². The van der Waals surface area contributed by atoms with Gasteiger partial charge in [0.1, 0.15) is 23.9 Å². The molecule has 0 spiro atoms. The van der Waals surface area contributed by atoms with Gasteiger partial charge in [-0.3, -0.25) is 9.69 Å². The Morgan fingerprint density at radius 3 is 2.44 bits per heavy atom. The number of carbonyl (C=O) groups is 1. The number of methoxy groups -OCH3 is 1. The highest BCUT2D eigenvalue weighted by molar-refractivity contribution is 5.76. The number of ether oxygens (including phenoxy) is 4. The van der Waals surface area contributed by atoms with Crippen LogP contribution in [0.4, 0.5) is 24.9 Å². The number of nitrogens with two attached hydrogens (primary N) is 1. The molecular weight excluding hydrogens is 591 g/mol. The maximum Gasteiger partial charge on any atom is 0.573 e. The van der Waals surface area contributed by atoms with Gasteiger partial charge in [-0.2, -0.15) is 4.98 Å². The van der Waals surface area contributed by atoms with Crippen LogP contribution < -0.4 is 20.1 Å². The number of anilines is 2. The second-order valence-electron chi connectivity index (χ2n) is 11.5. The third kappa shape index (κ3) is 7.42. The number of aryl methyl sites for hydroxylation is 1. The first kappa shape index (κ1) is 30.9. The van der Waals surface area contributed by atoms with Crippen molar-refractivity contribution < 1.29 is 36.9 Å². The van der Waals surface area contributed by atoms with Gasteiger partial charge in [-0.25, -0.2) is 4.98 Å². The molecule has 0 radical (unpaired) electrons. The number of piperazine rings is 1. The molecule has 1 saturated carbocycles. The zero-order valence-corrected chi connectivity index (χ0v) is 25.0. The normalized spacial score (nSPS) is 19.7. The van der Waals surface area contributed by atoms with Gasteiger partial charge in [0.2, 0.25) is 5.95 Å². The molecule has 240 valence electrons. The molecule has 1 aliphatic heterocycles. The molecule has 3 aromatic rings. The first-order chi connectivity index (χ1) is 21.6. The van der Waals surface area contributed by atoms with Crippen LogP contribution in [0.1, 0.15) is 29.5 Å². The van der Waals surface area contributed by atoms with Crippen molar-refractivity contribution in [2.45, 2.75) is 44.8 Å². The summed E-state index contributed by atoms with van der Waals surface area (Å²) >= 11 is 0. The standard InChI is InChI=1S/C32H36F3N5O5/c1-42-30(41)22-17-25(18-22)43-15-14-39-10-12-40(13-11-39)29-27-8-4-21-16-24(7-9-26(21)28(27)37-31(36)38-29)44-19-20-2-5-23(6-3-20)45-32(33,34)35/h2-3,5-7,9,16,22,25H,4,8,10-15,17-19H2,1H3,(H2,36,37,38). The van der Waals surface area contributed by atoms with E-state index >= 15 is 0 Å². The molecule has 10 nitrogen and oxygen atoms in total. The summed E-state index contributed by atoms with van der Waals surface area (Å²) < 4.78 is 57.9. The summed E-state index contributed by atoms with van der Waals surface area (Å²) in [5.41, 5.74) is 10.9. The van der Waals surface area contributed by atoms with E-state index in [0.717, 1.165) is 92.2 Å². The van der Waals surface area contributed by atoms with Gasteiger partial charge in [-0.1, -0.05) is 12.1 Å². The molecule has 2 N–H and O–H groups in total. The number of carbonyl (C=O) groups excluding carboxylic acids is 1. The number of benzene rings is 2. The van der Waals surface area contributed by atoms with Crippen molar-refractivity contribution in [1.29, 1.82) is 0 Å². The molecule has 2 fully saturated rings. The van der Waals surface area contributed by atoms with Crippen molar-refractivity contribution in [2.75, 3.05) is 57.1 Å². The molecule has 0 atom stereocenters. The number of halogens is 3. The van der Waals surface area contributed by atoms with E-state index in [9.17, 15) is 18.0 Å². The van der Waals surface area contributed by atoms with Crippen LogP contribution in [0.3, 0.4) is 0 Å². The number of alkyl halides is 3. The zero-order chi connectivity index (χ0) is 31.6. The van der Waals surface area contributed by atoms with Gasteiger partial charge in [0.25, 0.3) is 0 Å². The highest BCUT2D eigenvalue weighted by atomic mass is 19.4. The number of aromatic nitrogens is 2. The zero-order valence-electron chi connectivity index (χ0n) is 25.0. The van der Waals surface area contributed by atoms with Gasteiger partial charge in [0.05, 0.1) is 31.4 Å². The molecule has 0 bridgehead atoms. The van der Waals surface area contributed by atoms with Crippen LogP contribution >= 0.6 is 0 Å². The molecule has 2 aromatic carbocycles. The molecule has 0 unspecified atom stereocenters. The Hall–Kier alpha value is -4.10. The van der Waals surface area contributed by atoms with Gasteiger partial charge in [0, 0.05) is 43.9 Å². The van der Waals surface area contributed by atoms with E-state index in [1.807, 2.05) is 18.2 Å². The summed E-state index contributed by atoms with van der Waals surface area (Å²) in [5.74, 6) is 1.34. The molecule has 2 heterocycles. The molecule has 6 rings (SSSR count). The predicted octanol–water partition coefficient (Wildman–Crippen LogP) is 4.39. The number of esters is 1. The molecule has 1 aromatic heterocycles. The van der Waals surface area contributed by atoms with Crippen molar-refractivity contribution in [3.63, 3.8) is 0 Å². The van der Waals surface area contributed by atoms with E-state index in [4.69, 9.17) is 19.9 Å². The number of rotatable bonds is 10. The topological polar surface area (TPSA) is 112 Å². The Morgan fingerprint density at radius 1 is 1.00 bits per heavy atom. The monoisotopic (exact) mass is 627 g/mol. The molecule has 3 aliphatic rings. The molecule has 2 aliphatic carbocycles. The summed E-state index contributed by atoms with van der Waals surface area (Å²) in [6.45, 7) is 5.08. The Morgan fingerprint density at radius 2 is 1.73 bits per heavy atom. The van der Waals surface area contributed by atoms with E-state index < -0.39 is 6.36 Å². The fraction of sp³-hybridized carbons (Fsp3) is 0.469. The summed E-state index contributed by atoms with van der Waals surface area (Å²) in [6, 6.07) is 11.5. The summed E-state index contributed by atoms with van der Waals surface area (Å²) in [5, 5.41) is 0. The van der Waals surface area contributed by atoms with Crippen LogP contribution in [0, 0.1) is 5.92 Å².